The Balaban J connectivity index is 1.12. The lowest BCUT2D eigenvalue weighted by Crippen LogP contribution is -2.48. The van der Waals surface area contributed by atoms with Crippen LogP contribution >= 0.6 is 0 Å². The molecule has 4 heterocycles. The summed E-state index contributed by atoms with van der Waals surface area (Å²) in [7, 11) is 0. The Morgan fingerprint density at radius 3 is 2.69 bits per heavy atom. The maximum Gasteiger partial charge on any atom is 0.227 e. The molecule has 0 N–H and O–H groups in total. The molecular weight excluding hydrogens is 404 g/mol. The summed E-state index contributed by atoms with van der Waals surface area (Å²) >= 11 is 0. The number of hydrogen-bond donors (Lipinski definition) is 0. The second-order valence-corrected chi connectivity index (χ2v) is 7.90. The van der Waals surface area contributed by atoms with Crippen molar-refractivity contribution in [1.82, 2.24) is 29.9 Å². The fourth-order valence-electron chi connectivity index (χ4n) is 4.03. The second-order valence-electron chi connectivity index (χ2n) is 7.90. The molecule has 0 atom stereocenters. The van der Waals surface area contributed by atoms with Crippen molar-refractivity contribution in [2.75, 3.05) is 26.2 Å². The fourth-order valence-corrected chi connectivity index (χ4v) is 4.03. The second kappa shape index (κ2) is 9.23. The van der Waals surface area contributed by atoms with Crippen molar-refractivity contribution in [2.45, 2.75) is 19.4 Å². The number of carbonyl (C=O) groups excluding carboxylic acids is 1. The van der Waals surface area contributed by atoms with Crippen molar-refractivity contribution in [1.29, 1.82) is 0 Å². The highest BCUT2D eigenvalue weighted by atomic mass is 16.5. The predicted molar refractivity (Wildman–Crippen MR) is 119 cm³/mol. The third-order valence-electron chi connectivity index (χ3n) is 5.78. The number of fused-ring (bicyclic) bond motifs is 1. The van der Waals surface area contributed by atoms with Crippen LogP contribution < -0.4 is 0 Å². The van der Waals surface area contributed by atoms with Crippen LogP contribution in [0.15, 0.2) is 65.6 Å². The quantitative estimate of drug-likeness (QED) is 0.466. The fraction of sp³-hybridized carbons (Fsp3) is 0.292. The van der Waals surface area contributed by atoms with E-state index in [0.29, 0.717) is 24.6 Å². The summed E-state index contributed by atoms with van der Waals surface area (Å²) in [5, 5.41) is 5.14. The maximum absolute atomic E-state index is 12.7. The Labute approximate surface area is 185 Å². The van der Waals surface area contributed by atoms with Crippen LogP contribution in [0, 0.1) is 0 Å². The summed E-state index contributed by atoms with van der Waals surface area (Å²) in [5.74, 6) is 1.09. The number of pyridine rings is 2. The molecule has 1 aromatic carbocycles. The smallest absolute Gasteiger partial charge is 0.227 e. The van der Waals surface area contributed by atoms with E-state index in [2.05, 4.69) is 49.3 Å². The Morgan fingerprint density at radius 1 is 1.00 bits per heavy atom. The van der Waals surface area contributed by atoms with Gasteiger partial charge in [0.05, 0.1) is 5.52 Å². The SMILES string of the molecule is O=C(CCc1nc(-c2cccnc2)no1)N1CCN(Cc2cccc3cccnc23)CC1. The van der Waals surface area contributed by atoms with Gasteiger partial charge in [-0.25, -0.2) is 0 Å². The molecule has 1 saturated heterocycles. The first-order chi connectivity index (χ1) is 15.8. The predicted octanol–water partition coefficient (Wildman–Crippen LogP) is 2.96. The number of rotatable bonds is 6. The number of aryl methyl sites for hydroxylation is 1. The van der Waals surface area contributed by atoms with Crippen molar-refractivity contribution < 1.29 is 9.32 Å². The summed E-state index contributed by atoms with van der Waals surface area (Å²) in [6.45, 7) is 3.99. The van der Waals surface area contributed by atoms with Crippen LogP contribution in [0.1, 0.15) is 17.9 Å². The van der Waals surface area contributed by atoms with Crippen LogP contribution in [-0.2, 0) is 17.8 Å². The maximum atomic E-state index is 12.7. The Bertz CT molecular complexity index is 1200. The number of hydrogen-bond acceptors (Lipinski definition) is 7. The van der Waals surface area contributed by atoms with Gasteiger partial charge in [0, 0.05) is 75.1 Å². The Hall–Kier alpha value is -3.65. The van der Waals surface area contributed by atoms with E-state index in [9.17, 15) is 4.79 Å². The molecule has 162 valence electrons. The van der Waals surface area contributed by atoms with Gasteiger partial charge in [0.1, 0.15) is 0 Å². The van der Waals surface area contributed by atoms with E-state index in [1.807, 2.05) is 29.3 Å². The number of para-hydroxylation sites is 1. The molecule has 0 radical (unpaired) electrons. The summed E-state index contributed by atoms with van der Waals surface area (Å²) in [5.41, 5.74) is 3.08. The first kappa shape index (κ1) is 20.3. The molecule has 0 bridgehead atoms. The molecule has 5 rings (SSSR count). The summed E-state index contributed by atoms with van der Waals surface area (Å²) in [4.78, 5) is 30.0. The standard InChI is InChI=1S/C24H24N6O2/c31-22(9-8-21-27-24(28-32-21)19-7-2-10-25-16-19)30-14-12-29(13-15-30)17-20-5-1-4-18-6-3-11-26-23(18)20/h1-7,10-11,16H,8-9,12-15,17H2. The van der Waals surface area contributed by atoms with E-state index in [1.54, 1.807) is 12.4 Å². The van der Waals surface area contributed by atoms with Gasteiger partial charge in [-0.15, -0.1) is 0 Å². The van der Waals surface area contributed by atoms with Crippen LogP contribution in [0.4, 0.5) is 0 Å². The zero-order valence-electron chi connectivity index (χ0n) is 17.7. The number of carbonyl (C=O) groups is 1. The van der Waals surface area contributed by atoms with Gasteiger partial charge in [0.2, 0.25) is 17.6 Å². The summed E-state index contributed by atoms with van der Waals surface area (Å²) in [6.07, 6.45) is 6.02. The first-order valence-electron chi connectivity index (χ1n) is 10.8. The zero-order valence-corrected chi connectivity index (χ0v) is 17.7. The topological polar surface area (TPSA) is 88.2 Å². The van der Waals surface area contributed by atoms with Gasteiger partial charge in [-0.1, -0.05) is 29.4 Å². The number of amides is 1. The minimum Gasteiger partial charge on any atom is -0.340 e. The van der Waals surface area contributed by atoms with Crippen LogP contribution in [0.2, 0.25) is 0 Å². The van der Waals surface area contributed by atoms with Crippen molar-refractivity contribution in [3.63, 3.8) is 0 Å². The third-order valence-corrected chi connectivity index (χ3v) is 5.78. The first-order valence-corrected chi connectivity index (χ1v) is 10.8. The van der Waals surface area contributed by atoms with Gasteiger partial charge in [-0.3, -0.25) is 19.7 Å². The lowest BCUT2D eigenvalue weighted by atomic mass is 10.1. The highest BCUT2D eigenvalue weighted by molar-refractivity contribution is 5.81. The van der Waals surface area contributed by atoms with Gasteiger partial charge in [-0.2, -0.15) is 4.98 Å². The van der Waals surface area contributed by atoms with Crippen molar-refractivity contribution in [3.8, 4) is 11.4 Å². The average molecular weight is 428 g/mol. The average Bonchev–Trinajstić information content (AvgIpc) is 3.33. The van der Waals surface area contributed by atoms with E-state index in [0.717, 1.165) is 49.2 Å². The minimum absolute atomic E-state index is 0.123. The number of aromatic nitrogens is 4. The normalized spacial score (nSPS) is 14.7. The van der Waals surface area contributed by atoms with Crippen molar-refractivity contribution >= 4 is 16.8 Å². The molecule has 1 aliphatic rings. The molecule has 0 unspecified atom stereocenters. The molecular formula is C24H24N6O2. The highest BCUT2D eigenvalue weighted by Gasteiger charge is 2.22. The van der Waals surface area contributed by atoms with Crippen LogP contribution in [0.25, 0.3) is 22.3 Å². The monoisotopic (exact) mass is 428 g/mol. The highest BCUT2D eigenvalue weighted by Crippen LogP contribution is 2.19. The number of nitrogens with zero attached hydrogens (tertiary/aromatic N) is 6. The van der Waals surface area contributed by atoms with Crippen LogP contribution in [-0.4, -0.2) is 62.0 Å². The molecule has 1 amide bonds. The molecule has 8 nitrogen and oxygen atoms in total. The molecule has 0 saturated carbocycles. The van der Waals surface area contributed by atoms with E-state index < -0.39 is 0 Å². The zero-order chi connectivity index (χ0) is 21.8. The largest absolute Gasteiger partial charge is 0.340 e. The lowest BCUT2D eigenvalue weighted by molar-refractivity contribution is -0.133. The van der Waals surface area contributed by atoms with E-state index >= 15 is 0 Å². The van der Waals surface area contributed by atoms with E-state index in [1.165, 1.54) is 5.56 Å². The van der Waals surface area contributed by atoms with Crippen LogP contribution in [0.3, 0.4) is 0 Å². The van der Waals surface area contributed by atoms with Crippen molar-refractivity contribution in [2.24, 2.45) is 0 Å². The minimum atomic E-state index is 0.123. The molecule has 8 heteroatoms. The molecule has 3 aromatic heterocycles. The molecule has 4 aromatic rings. The molecule has 0 aliphatic carbocycles. The lowest BCUT2D eigenvalue weighted by Gasteiger charge is -2.34. The Morgan fingerprint density at radius 2 is 1.84 bits per heavy atom. The Kier molecular flexibility index (Phi) is 5.85. The molecule has 32 heavy (non-hydrogen) atoms. The summed E-state index contributed by atoms with van der Waals surface area (Å²) < 4.78 is 5.30. The van der Waals surface area contributed by atoms with Crippen molar-refractivity contribution in [3.05, 3.63) is 72.5 Å². The van der Waals surface area contributed by atoms with Crippen LogP contribution in [0.5, 0.6) is 0 Å². The van der Waals surface area contributed by atoms with E-state index in [4.69, 9.17) is 4.52 Å². The van der Waals surface area contributed by atoms with Gasteiger partial charge in [0.15, 0.2) is 0 Å². The van der Waals surface area contributed by atoms with Gasteiger partial charge in [0.25, 0.3) is 0 Å². The molecule has 1 fully saturated rings. The number of piperazine rings is 1. The van der Waals surface area contributed by atoms with E-state index in [-0.39, 0.29) is 5.91 Å². The third kappa shape index (κ3) is 4.50. The number of benzene rings is 1. The summed E-state index contributed by atoms with van der Waals surface area (Å²) in [6, 6.07) is 14.1. The van der Waals surface area contributed by atoms with Gasteiger partial charge in [-0.05, 0) is 23.8 Å². The molecule has 0 spiro atoms. The molecule has 1 aliphatic heterocycles. The van der Waals surface area contributed by atoms with Gasteiger partial charge >= 0.3 is 0 Å². The van der Waals surface area contributed by atoms with Gasteiger partial charge < -0.3 is 9.42 Å².